The molecular formula is C18H16F2N2O4. The Bertz CT molecular complexity index is 792. The summed E-state index contributed by atoms with van der Waals surface area (Å²) < 4.78 is 33.6. The van der Waals surface area contributed by atoms with Crippen LogP contribution in [0.25, 0.3) is 0 Å². The zero-order chi connectivity index (χ0) is 18.5. The molecule has 0 saturated carbocycles. The summed E-state index contributed by atoms with van der Waals surface area (Å²) in [6.45, 7) is -2.89. The number of methoxy groups -OCH3 is 1. The van der Waals surface area contributed by atoms with E-state index >= 15 is 0 Å². The smallest absolute Gasteiger partial charge is 0.387 e. The van der Waals surface area contributed by atoms with E-state index in [-0.39, 0.29) is 11.7 Å². The fourth-order valence-corrected chi connectivity index (χ4v) is 2.41. The lowest BCUT2D eigenvalue weighted by molar-refractivity contribution is -0.125. The molecule has 1 amide bonds. The van der Waals surface area contributed by atoms with Crippen LogP contribution in [0.4, 0.5) is 14.5 Å². The number of hydrogen-bond acceptors (Lipinski definition) is 5. The minimum absolute atomic E-state index is 0.0141. The van der Waals surface area contributed by atoms with Crippen molar-refractivity contribution in [3.8, 4) is 11.5 Å². The minimum Gasteiger partial charge on any atom is -0.497 e. The molecule has 0 bridgehead atoms. The summed E-state index contributed by atoms with van der Waals surface area (Å²) in [6.07, 6.45) is -0.436. The van der Waals surface area contributed by atoms with E-state index in [0.29, 0.717) is 17.8 Å². The van der Waals surface area contributed by atoms with Gasteiger partial charge in [0, 0.05) is 12.1 Å². The number of carbonyl (C=O) groups is 1. The Balaban J connectivity index is 1.56. The highest BCUT2D eigenvalue weighted by Crippen LogP contribution is 2.22. The molecule has 1 aliphatic rings. The second-order valence-corrected chi connectivity index (χ2v) is 5.46. The number of benzene rings is 2. The van der Waals surface area contributed by atoms with Gasteiger partial charge in [0.05, 0.1) is 12.8 Å². The molecule has 8 heteroatoms. The van der Waals surface area contributed by atoms with E-state index in [1.807, 2.05) is 12.1 Å². The van der Waals surface area contributed by atoms with Crippen molar-refractivity contribution in [2.24, 2.45) is 5.16 Å². The summed E-state index contributed by atoms with van der Waals surface area (Å²) in [5.74, 6) is 0.363. The van der Waals surface area contributed by atoms with Gasteiger partial charge in [0.1, 0.15) is 11.5 Å². The number of amides is 1. The van der Waals surface area contributed by atoms with Gasteiger partial charge in [-0.15, -0.1) is 0 Å². The zero-order valence-corrected chi connectivity index (χ0v) is 13.8. The van der Waals surface area contributed by atoms with Crippen LogP contribution in [-0.4, -0.2) is 31.4 Å². The Morgan fingerprint density at radius 2 is 1.81 bits per heavy atom. The second kappa shape index (κ2) is 7.81. The van der Waals surface area contributed by atoms with Gasteiger partial charge >= 0.3 is 6.61 Å². The molecule has 0 aromatic heterocycles. The first-order valence-corrected chi connectivity index (χ1v) is 7.78. The van der Waals surface area contributed by atoms with E-state index < -0.39 is 12.7 Å². The number of rotatable bonds is 6. The lowest BCUT2D eigenvalue weighted by Gasteiger charge is -2.10. The van der Waals surface area contributed by atoms with E-state index in [4.69, 9.17) is 9.57 Å². The van der Waals surface area contributed by atoms with Crippen molar-refractivity contribution in [3.05, 3.63) is 54.1 Å². The number of nitrogens with one attached hydrogen (secondary N) is 1. The summed E-state index contributed by atoms with van der Waals surface area (Å²) in [7, 11) is 1.58. The molecule has 0 radical (unpaired) electrons. The van der Waals surface area contributed by atoms with Crippen LogP contribution in [0.2, 0.25) is 0 Å². The molecule has 1 aliphatic heterocycles. The third kappa shape index (κ3) is 4.27. The Morgan fingerprint density at radius 3 is 2.42 bits per heavy atom. The molecule has 1 N–H and O–H groups in total. The number of anilines is 1. The number of ether oxygens (including phenoxy) is 2. The van der Waals surface area contributed by atoms with Gasteiger partial charge in [-0.3, -0.25) is 4.79 Å². The van der Waals surface area contributed by atoms with Gasteiger partial charge in [-0.1, -0.05) is 5.16 Å². The van der Waals surface area contributed by atoms with Gasteiger partial charge in [0.25, 0.3) is 5.91 Å². The molecule has 6 nitrogen and oxygen atoms in total. The highest BCUT2D eigenvalue weighted by Gasteiger charge is 2.29. The molecular weight excluding hydrogens is 346 g/mol. The SMILES string of the molecule is COc1ccc(C2=NOC(C(=O)Nc3ccc(OC(F)F)cc3)C2)cc1. The van der Waals surface area contributed by atoms with Crippen LogP contribution in [0, 0.1) is 0 Å². The van der Waals surface area contributed by atoms with Gasteiger partial charge in [-0.2, -0.15) is 8.78 Å². The zero-order valence-electron chi connectivity index (χ0n) is 13.8. The molecule has 1 unspecified atom stereocenters. The van der Waals surface area contributed by atoms with E-state index in [9.17, 15) is 13.6 Å². The first kappa shape index (κ1) is 17.7. The van der Waals surface area contributed by atoms with Crippen LogP contribution in [0.15, 0.2) is 53.7 Å². The third-order valence-corrected chi connectivity index (χ3v) is 3.73. The van der Waals surface area contributed by atoms with Crippen LogP contribution in [0.1, 0.15) is 12.0 Å². The molecule has 3 rings (SSSR count). The summed E-state index contributed by atoms with van der Waals surface area (Å²) in [4.78, 5) is 17.5. The highest BCUT2D eigenvalue weighted by atomic mass is 19.3. The molecule has 0 spiro atoms. The van der Waals surface area contributed by atoms with Gasteiger partial charge in [-0.05, 0) is 54.1 Å². The molecule has 1 heterocycles. The first-order valence-electron chi connectivity index (χ1n) is 7.78. The van der Waals surface area contributed by atoms with Crippen LogP contribution in [0.3, 0.4) is 0 Å². The maximum Gasteiger partial charge on any atom is 0.387 e. The third-order valence-electron chi connectivity index (χ3n) is 3.73. The quantitative estimate of drug-likeness (QED) is 0.855. The van der Waals surface area contributed by atoms with Crippen molar-refractivity contribution in [2.45, 2.75) is 19.1 Å². The number of halogens is 2. The Hall–Kier alpha value is -3.16. The summed E-state index contributed by atoms with van der Waals surface area (Å²) in [5.41, 5.74) is 1.95. The molecule has 0 aliphatic carbocycles. The Labute approximate surface area is 148 Å². The summed E-state index contributed by atoms with van der Waals surface area (Å²) >= 11 is 0. The van der Waals surface area contributed by atoms with Gasteiger partial charge < -0.3 is 19.6 Å². The summed E-state index contributed by atoms with van der Waals surface area (Å²) in [5, 5.41) is 6.62. The maximum absolute atomic E-state index is 12.3. The van der Waals surface area contributed by atoms with E-state index in [1.54, 1.807) is 19.2 Å². The van der Waals surface area contributed by atoms with E-state index in [1.165, 1.54) is 24.3 Å². The first-order chi connectivity index (χ1) is 12.5. The molecule has 136 valence electrons. The van der Waals surface area contributed by atoms with Crippen molar-refractivity contribution in [1.82, 2.24) is 0 Å². The average molecular weight is 362 g/mol. The van der Waals surface area contributed by atoms with E-state index in [2.05, 4.69) is 15.2 Å². The number of oxime groups is 1. The fourth-order valence-electron chi connectivity index (χ4n) is 2.41. The standard InChI is InChI=1S/C18H16F2N2O4/c1-24-13-6-2-11(3-7-13)15-10-16(26-22-15)17(23)21-12-4-8-14(9-5-12)25-18(19)20/h2-9,16,18H,10H2,1H3,(H,21,23). The van der Waals surface area contributed by atoms with Crippen molar-refractivity contribution < 1.29 is 27.9 Å². The average Bonchev–Trinajstić information content (AvgIpc) is 3.13. The van der Waals surface area contributed by atoms with Crippen LogP contribution in [-0.2, 0) is 9.63 Å². The van der Waals surface area contributed by atoms with Crippen LogP contribution < -0.4 is 14.8 Å². The largest absolute Gasteiger partial charge is 0.497 e. The highest BCUT2D eigenvalue weighted by molar-refractivity contribution is 6.06. The van der Waals surface area contributed by atoms with Gasteiger partial charge in [-0.25, -0.2) is 0 Å². The maximum atomic E-state index is 12.3. The predicted molar refractivity (Wildman–Crippen MR) is 90.7 cm³/mol. The van der Waals surface area contributed by atoms with Crippen molar-refractivity contribution >= 4 is 17.3 Å². The lowest BCUT2D eigenvalue weighted by Crippen LogP contribution is -2.28. The lowest BCUT2D eigenvalue weighted by atomic mass is 10.0. The molecule has 0 fully saturated rings. The number of nitrogens with zero attached hydrogens (tertiary/aromatic N) is 1. The van der Waals surface area contributed by atoms with Crippen molar-refractivity contribution in [2.75, 3.05) is 12.4 Å². The molecule has 0 saturated heterocycles. The fraction of sp³-hybridized carbons (Fsp3) is 0.222. The Kier molecular flexibility index (Phi) is 5.31. The Morgan fingerprint density at radius 1 is 1.15 bits per heavy atom. The van der Waals surface area contributed by atoms with Gasteiger partial charge in [0.15, 0.2) is 0 Å². The summed E-state index contributed by atoms with van der Waals surface area (Å²) in [6, 6.07) is 12.9. The van der Waals surface area contributed by atoms with E-state index in [0.717, 1.165) is 11.3 Å². The molecule has 1 atom stereocenters. The van der Waals surface area contributed by atoms with Gasteiger partial charge in [0.2, 0.25) is 6.10 Å². The number of hydrogen-bond donors (Lipinski definition) is 1. The monoisotopic (exact) mass is 362 g/mol. The normalized spacial score (nSPS) is 16.0. The van der Waals surface area contributed by atoms with Crippen molar-refractivity contribution in [1.29, 1.82) is 0 Å². The number of alkyl halides is 2. The topological polar surface area (TPSA) is 69.2 Å². The number of carbonyl (C=O) groups excluding carboxylic acids is 1. The van der Waals surface area contributed by atoms with Crippen LogP contribution in [0.5, 0.6) is 11.5 Å². The van der Waals surface area contributed by atoms with Crippen LogP contribution >= 0.6 is 0 Å². The molecule has 2 aromatic rings. The molecule has 26 heavy (non-hydrogen) atoms. The predicted octanol–water partition coefficient (Wildman–Crippen LogP) is 3.43. The minimum atomic E-state index is -2.89. The molecule has 2 aromatic carbocycles. The second-order valence-electron chi connectivity index (χ2n) is 5.46. The van der Waals surface area contributed by atoms with Crippen molar-refractivity contribution in [3.63, 3.8) is 0 Å².